The summed E-state index contributed by atoms with van der Waals surface area (Å²) < 4.78 is 41.5. The molecular weight excluding hydrogens is 255 g/mol. The summed E-state index contributed by atoms with van der Waals surface area (Å²) in [5.74, 6) is 2.00. The molecular formula is C10H16F3NO2S. The Morgan fingerprint density at radius 1 is 1.47 bits per heavy atom. The van der Waals surface area contributed by atoms with E-state index >= 15 is 0 Å². The van der Waals surface area contributed by atoms with Crippen molar-refractivity contribution in [3.8, 4) is 0 Å². The first-order chi connectivity index (χ1) is 7.99. The number of rotatable bonds is 3. The Bertz CT molecular complexity index is 256. The Morgan fingerprint density at radius 3 is 2.94 bits per heavy atom. The number of hydroxylamine groups is 1. The molecule has 7 heteroatoms. The van der Waals surface area contributed by atoms with Crippen molar-refractivity contribution >= 4 is 11.8 Å². The van der Waals surface area contributed by atoms with Crippen molar-refractivity contribution in [1.82, 2.24) is 5.48 Å². The van der Waals surface area contributed by atoms with E-state index in [0.29, 0.717) is 13.0 Å². The van der Waals surface area contributed by atoms with Crippen LogP contribution in [0.3, 0.4) is 0 Å². The molecule has 2 saturated heterocycles. The van der Waals surface area contributed by atoms with E-state index in [-0.39, 0.29) is 11.6 Å². The lowest BCUT2D eigenvalue weighted by Gasteiger charge is -2.37. The minimum atomic E-state index is -4.28. The molecule has 17 heavy (non-hydrogen) atoms. The monoisotopic (exact) mass is 271 g/mol. The van der Waals surface area contributed by atoms with Crippen molar-refractivity contribution in [3.63, 3.8) is 0 Å². The number of alkyl halides is 3. The van der Waals surface area contributed by atoms with Gasteiger partial charge in [-0.3, -0.25) is 4.84 Å². The SMILES string of the molecule is FC(F)(F)CONC1CCOC2(CCSC2)C1. The van der Waals surface area contributed by atoms with Gasteiger partial charge in [0, 0.05) is 18.4 Å². The predicted molar refractivity (Wildman–Crippen MR) is 58.8 cm³/mol. The Kier molecular flexibility index (Phi) is 4.22. The van der Waals surface area contributed by atoms with Crippen molar-refractivity contribution in [2.75, 3.05) is 24.7 Å². The summed E-state index contributed by atoms with van der Waals surface area (Å²) in [6, 6.07) is -0.0372. The zero-order valence-electron chi connectivity index (χ0n) is 9.39. The van der Waals surface area contributed by atoms with Gasteiger partial charge in [0.2, 0.25) is 0 Å². The van der Waals surface area contributed by atoms with E-state index in [1.54, 1.807) is 0 Å². The second-order valence-electron chi connectivity index (χ2n) is 4.55. The molecule has 1 spiro atoms. The van der Waals surface area contributed by atoms with Crippen molar-refractivity contribution in [3.05, 3.63) is 0 Å². The summed E-state index contributed by atoms with van der Waals surface area (Å²) in [5.41, 5.74) is 2.38. The first kappa shape index (κ1) is 13.5. The van der Waals surface area contributed by atoms with Crippen LogP contribution in [-0.4, -0.2) is 42.5 Å². The molecule has 0 aromatic heterocycles. The molecule has 3 nitrogen and oxygen atoms in total. The third-order valence-electron chi connectivity index (χ3n) is 3.05. The third-order valence-corrected chi connectivity index (χ3v) is 4.27. The fraction of sp³-hybridized carbons (Fsp3) is 1.00. The van der Waals surface area contributed by atoms with Crippen LogP contribution in [0, 0.1) is 0 Å². The smallest absolute Gasteiger partial charge is 0.374 e. The van der Waals surface area contributed by atoms with Gasteiger partial charge in [0.25, 0.3) is 0 Å². The third kappa shape index (κ3) is 4.01. The highest BCUT2D eigenvalue weighted by molar-refractivity contribution is 7.99. The summed E-state index contributed by atoms with van der Waals surface area (Å²) in [6.07, 6.45) is -1.86. The van der Waals surface area contributed by atoms with Crippen LogP contribution in [0.5, 0.6) is 0 Å². The van der Waals surface area contributed by atoms with Gasteiger partial charge in [0.1, 0.15) is 0 Å². The van der Waals surface area contributed by atoms with Crippen molar-refractivity contribution in [2.24, 2.45) is 0 Å². The maximum absolute atomic E-state index is 11.9. The average Bonchev–Trinajstić information content (AvgIpc) is 2.64. The van der Waals surface area contributed by atoms with E-state index in [1.165, 1.54) is 0 Å². The molecule has 100 valence electrons. The maximum Gasteiger partial charge on any atom is 0.413 e. The van der Waals surface area contributed by atoms with E-state index in [0.717, 1.165) is 24.3 Å². The number of hydrogen-bond acceptors (Lipinski definition) is 4. The van der Waals surface area contributed by atoms with Crippen molar-refractivity contribution in [1.29, 1.82) is 0 Å². The van der Waals surface area contributed by atoms with Crippen LogP contribution in [0.2, 0.25) is 0 Å². The molecule has 0 radical (unpaired) electrons. The second-order valence-corrected chi connectivity index (χ2v) is 5.65. The van der Waals surface area contributed by atoms with Gasteiger partial charge < -0.3 is 4.74 Å². The maximum atomic E-state index is 11.9. The van der Waals surface area contributed by atoms with Gasteiger partial charge in [0.05, 0.1) is 5.60 Å². The normalized spacial score (nSPS) is 34.4. The van der Waals surface area contributed by atoms with Gasteiger partial charge >= 0.3 is 6.18 Å². The number of halogens is 3. The lowest BCUT2D eigenvalue weighted by Crippen LogP contribution is -2.47. The van der Waals surface area contributed by atoms with Gasteiger partial charge in [-0.25, -0.2) is 0 Å². The highest BCUT2D eigenvalue weighted by Gasteiger charge is 2.40. The minimum absolute atomic E-state index is 0.0372. The van der Waals surface area contributed by atoms with E-state index in [1.807, 2.05) is 11.8 Å². The molecule has 2 aliphatic rings. The van der Waals surface area contributed by atoms with Gasteiger partial charge in [-0.2, -0.15) is 30.4 Å². The summed E-state index contributed by atoms with van der Waals surface area (Å²) in [7, 11) is 0. The molecule has 2 fully saturated rings. The molecule has 1 N–H and O–H groups in total. The molecule has 2 unspecified atom stereocenters. The first-order valence-corrected chi connectivity index (χ1v) is 6.80. The predicted octanol–water partition coefficient (Wildman–Crippen LogP) is 2.12. The highest BCUT2D eigenvalue weighted by Crippen LogP contribution is 2.38. The Morgan fingerprint density at radius 2 is 2.29 bits per heavy atom. The molecule has 2 atom stereocenters. The molecule has 2 aliphatic heterocycles. The topological polar surface area (TPSA) is 30.5 Å². The number of ether oxygens (including phenoxy) is 1. The fourth-order valence-corrected chi connectivity index (χ4v) is 3.61. The zero-order valence-corrected chi connectivity index (χ0v) is 10.2. The van der Waals surface area contributed by atoms with Crippen LogP contribution >= 0.6 is 11.8 Å². The highest BCUT2D eigenvalue weighted by atomic mass is 32.2. The molecule has 0 aromatic carbocycles. The zero-order chi connectivity index (χ0) is 12.4. The van der Waals surface area contributed by atoms with Crippen LogP contribution in [-0.2, 0) is 9.57 Å². The Balaban J connectivity index is 1.74. The van der Waals surface area contributed by atoms with Crippen LogP contribution in [0.4, 0.5) is 13.2 Å². The van der Waals surface area contributed by atoms with E-state index < -0.39 is 12.8 Å². The van der Waals surface area contributed by atoms with Crippen LogP contribution in [0.1, 0.15) is 19.3 Å². The Labute approximate surface area is 102 Å². The lowest BCUT2D eigenvalue weighted by atomic mass is 9.90. The lowest BCUT2D eigenvalue weighted by molar-refractivity contribution is -0.198. The van der Waals surface area contributed by atoms with E-state index in [2.05, 4.69) is 10.3 Å². The van der Waals surface area contributed by atoms with Crippen molar-refractivity contribution in [2.45, 2.75) is 37.1 Å². The Hall–Kier alpha value is 0.0200. The van der Waals surface area contributed by atoms with E-state index in [9.17, 15) is 13.2 Å². The summed E-state index contributed by atoms with van der Waals surface area (Å²) in [5, 5.41) is 0. The molecule has 0 bridgehead atoms. The summed E-state index contributed by atoms with van der Waals surface area (Å²) >= 11 is 1.84. The summed E-state index contributed by atoms with van der Waals surface area (Å²) in [4.78, 5) is 4.50. The van der Waals surface area contributed by atoms with Crippen LogP contribution < -0.4 is 5.48 Å². The number of nitrogens with one attached hydrogen (secondary N) is 1. The second kappa shape index (κ2) is 5.34. The molecule has 2 heterocycles. The fourth-order valence-electron chi connectivity index (χ4n) is 2.23. The average molecular weight is 271 g/mol. The van der Waals surface area contributed by atoms with Crippen molar-refractivity contribution < 1.29 is 22.7 Å². The quantitative estimate of drug-likeness (QED) is 0.797. The largest absolute Gasteiger partial charge is 0.413 e. The number of hydrogen-bond donors (Lipinski definition) is 1. The first-order valence-electron chi connectivity index (χ1n) is 5.65. The molecule has 0 saturated carbocycles. The van der Waals surface area contributed by atoms with Gasteiger partial charge in [-0.1, -0.05) is 0 Å². The summed E-state index contributed by atoms with van der Waals surface area (Å²) in [6.45, 7) is -0.653. The molecule has 0 aromatic rings. The van der Waals surface area contributed by atoms with Gasteiger partial charge in [-0.15, -0.1) is 0 Å². The van der Waals surface area contributed by atoms with Gasteiger partial charge in [0.15, 0.2) is 6.61 Å². The number of thioether (sulfide) groups is 1. The van der Waals surface area contributed by atoms with Crippen LogP contribution in [0.15, 0.2) is 0 Å². The molecule has 2 rings (SSSR count). The standard InChI is InChI=1S/C10H16F3NO2S/c11-10(12,13)6-16-14-8-1-3-15-9(5-8)2-4-17-7-9/h8,14H,1-7H2. The van der Waals surface area contributed by atoms with Gasteiger partial charge in [-0.05, 0) is 25.0 Å². The van der Waals surface area contributed by atoms with Crippen LogP contribution in [0.25, 0.3) is 0 Å². The van der Waals surface area contributed by atoms with E-state index in [4.69, 9.17) is 4.74 Å². The molecule has 0 aliphatic carbocycles. The molecule has 0 amide bonds. The minimum Gasteiger partial charge on any atom is -0.374 e.